The molecule has 0 radical (unpaired) electrons. The average Bonchev–Trinajstić information content (AvgIpc) is 3.27. The van der Waals surface area contributed by atoms with Gasteiger partial charge in [-0.15, -0.1) is 0 Å². The van der Waals surface area contributed by atoms with Crippen molar-refractivity contribution >= 4 is 10.9 Å². The van der Waals surface area contributed by atoms with Crippen molar-refractivity contribution in [1.29, 1.82) is 0 Å². The highest BCUT2D eigenvalue weighted by Gasteiger charge is 2.16. The molecule has 1 aliphatic rings. The van der Waals surface area contributed by atoms with E-state index in [0.717, 1.165) is 19.3 Å². The van der Waals surface area contributed by atoms with Gasteiger partial charge in [0, 0.05) is 23.1 Å². The van der Waals surface area contributed by atoms with Crippen LogP contribution >= 0.6 is 0 Å². The Labute approximate surface area is 144 Å². The van der Waals surface area contributed by atoms with E-state index in [0.29, 0.717) is 6.04 Å². The number of fused-ring (bicyclic) bond motifs is 1. The van der Waals surface area contributed by atoms with Crippen LogP contribution < -0.4 is 5.32 Å². The van der Waals surface area contributed by atoms with Crippen LogP contribution in [-0.4, -0.2) is 17.6 Å². The first-order valence-corrected chi connectivity index (χ1v) is 9.25. The number of aromatic amines is 1. The third-order valence-corrected chi connectivity index (χ3v) is 5.23. The Morgan fingerprint density at radius 1 is 0.958 bits per heavy atom. The molecule has 0 spiro atoms. The molecule has 2 heterocycles. The van der Waals surface area contributed by atoms with E-state index in [1.54, 1.807) is 0 Å². The number of hydrogen-bond acceptors (Lipinski definition) is 1. The van der Waals surface area contributed by atoms with Gasteiger partial charge in [-0.25, -0.2) is 0 Å². The maximum absolute atomic E-state index is 3.61. The molecule has 1 aliphatic heterocycles. The summed E-state index contributed by atoms with van der Waals surface area (Å²) in [5.41, 5.74) is 5.64. The van der Waals surface area contributed by atoms with E-state index in [9.17, 15) is 0 Å². The summed E-state index contributed by atoms with van der Waals surface area (Å²) in [6.07, 6.45) is 9.49. The minimum absolute atomic E-state index is 0.658. The highest BCUT2D eigenvalue weighted by atomic mass is 14.9. The van der Waals surface area contributed by atoms with Gasteiger partial charge in [-0.2, -0.15) is 0 Å². The number of aryl methyl sites for hydroxylation is 2. The van der Waals surface area contributed by atoms with Gasteiger partial charge in [0.25, 0.3) is 0 Å². The van der Waals surface area contributed by atoms with Crippen LogP contribution in [-0.2, 0) is 19.3 Å². The van der Waals surface area contributed by atoms with Crippen molar-refractivity contribution in [3.8, 4) is 0 Å². The molecule has 0 saturated carbocycles. The minimum atomic E-state index is 0.658. The lowest BCUT2D eigenvalue weighted by atomic mass is 9.99. The van der Waals surface area contributed by atoms with Crippen molar-refractivity contribution in [1.82, 2.24) is 10.3 Å². The van der Waals surface area contributed by atoms with Crippen molar-refractivity contribution in [3.63, 3.8) is 0 Å². The molecular formula is C22H26N2. The molecule has 1 unspecified atom stereocenters. The summed E-state index contributed by atoms with van der Waals surface area (Å²) < 4.78 is 0. The maximum Gasteiger partial charge on any atom is 0.0456 e. The summed E-state index contributed by atoms with van der Waals surface area (Å²) in [6, 6.07) is 18.4. The summed E-state index contributed by atoms with van der Waals surface area (Å²) in [5.74, 6) is 0. The van der Waals surface area contributed by atoms with Crippen molar-refractivity contribution in [2.24, 2.45) is 0 Å². The zero-order valence-corrected chi connectivity index (χ0v) is 14.2. The molecule has 1 fully saturated rings. The third kappa shape index (κ3) is 3.54. The summed E-state index contributed by atoms with van der Waals surface area (Å²) in [5, 5.41) is 5.03. The average molecular weight is 318 g/mol. The van der Waals surface area contributed by atoms with Gasteiger partial charge in [-0.05, 0) is 73.9 Å². The zero-order chi connectivity index (χ0) is 16.2. The highest BCUT2D eigenvalue weighted by Crippen LogP contribution is 2.23. The topological polar surface area (TPSA) is 27.8 Å². The van der Waals surface area contributed by atoms with Crippen molar-refractivity contribution < 1.29 is 0 Å². The number of aromatic nitrogens is 1. The van der Waals surface area contributed by atoms with Gasteiger partial charge in [-0.1, -0.05) is 36.4 Å². The number of H-pyrrole nitrogens is 1. The van der Waals surface area contributed by atoms with Gasteiger partial charge in [-0.3, -0.25) is 0 Å². The molecule has 3 aromatic rings. The monoisotopic (exact) mass is 318 g/mol. The molecular weight excluding hydrogens is 292 g/mol. The molecule has 1 aromatic heterocycles. The fraction of sp³-hybridized carbons (Fsp3) is 0.364. The molecule has 124 valence electrons. The Kier molecular flexibility index (Phi) is 4.66. The molecule has 2 N–H and O–H groups in total. The van der Waals surface area contributed by atoms with Gasteiger partial charge in [0.15, 0.2) is 0 Å². The van der Waals surface area contributed by atoms with Gasteiger partial charge < -0.3 is 10.3 Å². The van der Waals surface area contributed by atoms with Gasteiger partial charge in [0.2, 0.25) is 0 Å². The van der Waals surface area contributed by atoms with E-state index < -0.39 is 0 Å². The van der Waals surface area contributed by atoms with E-state index in [1.165, 1.54) is 53.4 Å². The van der Waals surface area contributed by atoms with Crippen LogP contribution in [0.25, 0.3) is 10.9 Å². The van der Waals surface area contributed by atoms with Crippen LogP contribution in [0.1, 0.15) is 36.0 Å². The van der Waals surface area contributed by atoms with E-state index in [2.05, 4.69) is 65.0 Å². The SMILES string of the molecule is c1ccc(CCCc2ccc3[nH]cc(CC4CCCN4)c3c2)cc1. The van der Waals surface area contributed by atoms with Crippen molar-refractivity contribution in [2.75, 3.05) is 6.54 Å². The van der Waals surface area contributed by atoms with E-state index >= 15 is 0 Å². The Balaban J connectivity index is 1.43. The smallest absolute Gasteiger partial charge is 0.0456 e. The second-order valence-corrected chi connectivity index (χ2v) is 7.03. The van der Waals surface area contributed by atoms with Crippen molar-refractivity contribution in [2.45, 2.75) is 44.6 Å². The quantitative estimate of drug-likeness (QED) is 0.681. The minimum Gasteiger partial charge on any atom is -0.361 e. The standard InChI is InChI=1S/C22H26N2/c1-2-6-17(7-3-1)8-4-9-18-11-12-22-21(14-18)19(16-24-22)15-20-10-5-13-23-20/h1-3,6-7,11-12,14,16,20,23-24H,4-5,8-10,13,15H2. The molecule has 24 heavy (non-hydrogen) atoms. The van der Waals surface area contributed by atoms with Crippen LogP contribution in [0.4, 0.5) is 0 Å². The first kappa shape index (κ1) is 15.5. The number of rotatable bonds is 6. The summed E-state index contributed by atoms with van der Waals surface area (Å²) in [7, 11) is 0. The largest absolute Gasteiger partial charge is 0.361 e. The molecule has 4 rings (SSSR count). The number of benzene rings is 2. The third-order valence-electron chi connectivity index (χ3n) is 5.23. The first-order valence-electron chi connectivity index (χ1n) is 9.25. The second kappa shape index (κ2) is 7.23. The number of nitrogens with one attached hydrogen (secondary N) is 2. The molecule has 2 aromatic carbocycles. The predicted molar refractivity (Wildman–Crippen MR) is 101 cm³/mol. The fourth-order valence-electron chi connectivity index (χ4n) is 3.89. The van der Waals surface area contributed by atoms with Crippen LogP contribution in [0.3, 0.4) is 0 Å². The van der Waals surface area contributed by atoms with E-state index in [4.69, 9.17) is 0 Å². The predicted octanol–water partition coefficient (Wildman–Crippen LogP) is 4.64. The fourth-order valence-corrected chi connectivity index (χ4v) is 3.89. The highest BCUT2D eigenvalue weighted by molar-refractivity contribution is 5.84. The maximum atomic E-state index is 3.61. The molecule has 0 bridgehead atoms. The van der Waals surface area contributed by atoms with Gasteiger partial charge in [0.1, 0.15) is 0 Å². The van der Waals surface area contributed by atoms with Crippen LogP contribution in [0.2, 0.25) is 0 Å². The summed E-state index contributed by atoms with van der Waals surface area (Å²) >= 11 is 0. The first-order chi connectivity index (χ1) is 11.9. The summed E-state index contributed by atoms with van der Waals surface area (Å²) in [6.45, 7) is 1.18. The lowest BCUT2D eigenvalue weighted by molar-refractivity contribution is 0.605. The lowest BCUT2D eigenvalue weighted by Crippen LogP contribution is -2.23. The molecule has 0 aliphatic carbocycles. The molecule has 0 amide bonds. The van der Waals surface area contributed by atoms with Crippen LogP contribution in [0, 0.1) is 0 Å². The van der Waals surface area contributed by atoms with Gasteiger partial charge >= 0.3 is 0 Å². The van der Waals surface area contributed by atoms with Crippen LogP contribution in [0.15, 0.2) is 54.7 Å². The lowest BCUT2D eigenvalue weighted by Gasteiger charge is -2.09. The molecule has 2 nitrogen and oxygen atoms in total. The Hall–Kier alpha value is -2.06. The molecule has 2 heteroatoms. The Morgan fingerprint density at radius 3 is 2.67 bits per heavy atom. The summed E-state index contributed by atoms with van der Waals surface area (Å²) in [4.78, 5) is 3.44. The Morgan fingerprint density at radius 2 is 1.83 bits per heavy atom. The molecule has 1 atom stereocenters. The second-order valence-electron chi connectivity index (χ2n) is 7.03. The van der Waals surface area contributed by atoms with Crippen LogP contribution in [0.5, 0.6) is 0 Å². The Bertz CT molecular complexity index is 782. The van der Waals surface area contributed by atoms with Gasteiger partial charge in [0.05, 0.1) is 0 Å². The van der Waals surface area contributed by atoms with E-state index in [-0.39, 0.29) is 0 Å². The molecule has 1 saturated heterocycles. The van der Waals surface area contributed by atoms with E-state index in [1.807, 2.05) is 0 Å². The number of hydrogen-bond donors (Lipinski definition) is 2. The van der Waals surface area contributed by atoms with Crippen molar-refractivity contribution in [3.05, 3.63) is 71.4 Å². The zero-order valence-electron chi connectivity index (χ0n) is 14.2. The normalized spacial score (nSPS) is 17.6.